The van der Waals surface area contributed by atoms with Crippen LogP contribution in [0.2, 0.25) is 0 Å². The van der Waals surface area contributed by atoms with Crippen LogP contribution in [0.1, 0.15) is 69.2 Å². The van der Waals surface area contributed by atoms with Crippen LogP contribution in [-0.4, -0.2) is 40.4 Å². The molecule has 184 valence electrons. The first-order valence-corrected chi connectivity index (χ1v) is 12.2. The number of hydrogen-bond acceptors (Lipinski definition) is 4. The minimum atomic E-state index is 0. The second kappa shape index (κ2) is 14.4. The van der Waals surface area contributed by atoms with Crippen LogP contribution >= 0.6 is 24.0 Å². The number of ether oxygens (including phenoxy) is 1. The highest BCUT2D eigenvalue weighted by molar-refractivity contribution is 14.0. The van der Waals surface area contributed by atoms with Gasteiger partial charge in [0.05, 0.1) is 13.2 Å². The van der Waals surface area contributed by atoms with Crippen LogP contribution in [0.15, 0.2) is 23.2 Å². The number of hydrogen-bond donors (Lipinski definition) is 2. The Labute approximate surface area is 216 Å². The van der Waals surface area contributed by atoms with E-state index in [1.54, 1.807) is 0 Å². The third kappa shape index (κ3) is 8.79. The van der Waals surface area contributed by atoms with Gasteiger partial charge in [-0.3, -0.25) is 0 Å². The van der Waals surface area contributed by atoms with Gasteiger partial charge in [-0.15, -0.1) is 34.2 Å². The predicted octanol–water partition coefficient (Wildman–Crippen LogP) is 4.65. The van der Waals surface area contributed by atoms with Gasteiger partial charge in [-0.2, -0.15) is 0 Å². The van der Waals surface area contributed by atoms with Crippen molar-refractivity contribution in [2.45, 2.75) is 79.3 Å². The number of nitrogens with one attached hydrogen (secondary N) is 2. The van der Waals surface area contributed by atoms with E-state index >= 15 is 0 Å². The van der Waals surface area contributed by atoms with Gasteiger partial charge in [0.15, 0.2) is 5.96 Å². The highest BCUT2D eigenvalue weighted by Crippen LogP contribution is 2.22. The first kappa shape index (κ1) is 27.4. The second-order valence-electron chi connectivity index (χ2n) is 9.01. The molecule has 2 heterocycles. The Morgan fingerprint density at radius 1 is 1.18 bits per heavy atom. The highest BCUT2D eigenvalue weighted by atomic mass is 127. The van der Waals surface area contributed by atoms with Gasteiger partial charge >= 0.3 is 0 Å². The smallest absolute Gasteiger partial charge is 0.191 e. The Morgan fingerprint density at radius 2 is 2.03 bits per heavy atom. The number of guanidine groups is 1. The predicted molar refractivity (Wildman–Crippen MR) is 146 cm³/mol. The molecule has 0 spiro atoms. The third-order valence-electron chi connectivity index (χ3n) is 5.75. The van der Waals surface area contributed by atoms with E-state index in [1.165, 1.54) is 24.8 Å². The van der Waals surface area contributed by atoms with Gasteiger partial charge in [-0.05, 0) is 50.7 Å². The van der Waals surface area contributed by atoms with Gasteiger partial charge in [-0.1, -0.05) is 32.4 Å². The summed E-state index contributed by atoms with van der Waals surface area (Å²) in [5.41, 5.74) is 2.31. The summed E-state index contributed by atoms with van der Waals surface area (Å²) in [5, 5.41) is 15.6. The molecule has 0 aliphatic carbocycles. The molecule has 8 heteroatoms. The standard InChI is InChI=1S/C25H40N6O.HI/c1-5-26-25(27-14-12-24-30-29-23-9-7-6-8-15-31(23)24)28-18-21-11-10-20(4)17-22(21)32-16-13-19(2)3;/h10-11,17,19H,5-9,12-16,18H2,1-4H3,(H2,26,27,28);1H. The van der Waals surface area contributed by atoms with Crippen LogP contribution in [0.4, 0.5) is 0 Å². The van der Waals surface area contributed by atoms with E-state index < -0.39 is 0 Å². The van der Waals surface area contributed by atoms with E-state index in [2.05, 4.69) is 71.3 Å². The van der Waals surface area contributed by atoms with E-state index in [9.17, 15) is 0 Å². The minimum absolute atomic E-state index is 0. The molecule has 2 N–H and O–H groups in total. The molecule has 0 unspecified atom stereocenters. The van der Waals surface area contributed by atoms with Crippen molar-refractivity contribution in [2.75, 3.05) is 19.7 Å². The number of halogens is 1. The molecular weight excluding hydrogens is 527 g/mol. The van der Waals surface area contributed by atoms with Gasteiger partial charge in [0, 0.05) is 38.0 Å². The summed E-state index contributed by atoms with van der Waals surface area (Å²) in [6, 6.07) is 6.36. The molecule has 0 saturated heterocycles. The molecule has 0 radical (unpaired) electrons. The van der Waals surface area contributed by atoms with Crippen molar-refractivity contribution in [3.05, 3.63) is 41.0 Å². The Kier molecular flexibility index (Phi) is 12.0. The van der Waals surface area contributed by atoms with Crippen LogP contribution in [0.5, 0.6) is 5.75 Å². The maximum atomic E-state index is 6.09. The van der Waals surface area contributed by atoms with Crippen molar-refractivity contribution in [3.8, 4) is 5.75 Å². The highest BCUT2D eigenvalue weighted by Gasteiger charge is 2.14. The molecule has 0 fully saturated rings. The third-order valence-corrected chi connectivity index (χ3v) is 5.75. The molecule has 33 heavy (non-hydrogen) atoms. The summed E-state index contributed by atoms with van der Waals surface area (Å²) in [6.07, 6.45) is 6.64. The van der Waals surface area contributed by atoms with Crippen molar-refractivity contribution < 1.29 is 4.74 Å². The molecule has 7 nitrogen and oxygen atoms in total. The first-order chi connectivity index (χ1) is 15.6. The normalized spacial score (nSPS) is 13.8. The van der Waals surface area contributed by atoms with Gasteiger partial charge in [0.1, 0.15) is 17.4 Å². The molecule has 0 amide bonds. The lowest BCUT2D eigenvalue weighted by Gasteiger charge is -2.14. The molecule has 1 aromatic carbocycles. The van der Waals surface area contributed by atoms with Gasteiger partial charge < -0.3 is 19.9 Å². The second-order valence-corrected chi connectivity index (χ2v) is 9.01. The number of rotatable bonds is 10. The average molecular weight is 569 g/mol. The number of fused-ring (bicyclic) bond motifs is 1. The van der Waals surface area contributed by atoms with Crippen LogP contribution in [0.3, 0.4) is 0 Å². The topological polar surface area (TPSA) is 76.4 Å². The van der Waals surface area contributed by atoms with E-state index in [0.29, 0.717) is 12.5 Å². The fourth-order valence-corrected chi connectivity index (χ4v) is 3.86. The maximum Gasteiger partial charge on any atom is 0.191 e. The van der Waals surface area contributed by atoms with E-state index in [0.717, 1.165) is 74.4 Å². The minimum Gasteiger partial charge on any atom is -0.493 e. The molecular formula is C25H41IN6O. The summed E-state index contributed by atoms with van der Waals surface area (Å²) in [5.74, 6) is 4.60. The fraction of sp³-hybridized carbons (Fsp3) is 0.640. The molecule has 0 bridgehead atoms. The van der Waals surface area contributed by atoms with Gasteiger partial charge in [0.25, 0.3) is 0 Å². The summed E-state index contributed by atoms with van der Waals surface area (Å²) < 4.78 is 8.40. The zero-order valence-corrected chi connectivity index (χ0v) is 23.0. The van der Waals surface area contributed by atoms with Crippen LogP contribution < -0.4 is 15.4 Å². The molecule has 3 rings (SSSR count). The quantitative estimate of drug-likeness (QED) is 0.248. The lowest BCUT2D eigenvalue weighted by Crippen LogP contribution is -2.38. The molecule has 2 aromatic rings. The van der Waals surface area contributed by atoms with E-state index in [4.69, 9.17) is 9.73 Å². The van der Waals surface area contributed by atoms with E-state index in [1.807, 2.05) is 0 Å². The SMILES string of the molecule is CCNC(=NCc1ccc(C)cc1OCCC(C)C)NCCc1nnc2n1CCCCC2.I. The summed E-state index contributed by atoms with van der Waals surface area (Å²) in [4.78, 5) is 4.81. The molecule has 0 saturated carbocycles. The van der Waals surface area contributed by atoms with Gasteiger partial charge in [0.2, 0.25) is 0 Å². The van der Waals surface area contributed by atoms with Crippen molar-refractivity contribution in [1.29, 1.82) is 0 Å². The summed E-state index contributed by atoms with van der Waals surface area (Å²) >= 11 is 0. The van der Waals surface area contributed by atoms with Crippen LogP contribution in [-0.2, 0) is 25.9 Å². The maximum absolute atomic E-state index is 6.09. The molecule has 1 aliphatic rings. The lowest BCUT2D eigenvalue weighted by atomic mass is 10.1. The molecule has 0 atom stereocenters. The average Bonchev–Trinajstić information content (AvgIpc) is 2.99. The Balaban J connectivity index is 0.00000385. The zero-order valence-electron chi connectivity index (χ0n) is 20.7. The lowest BCUT2D eigenvalue weighted by molar-refractivity contribution is 0.287. The monoisotopic (exact) mass is 568 g/mol. The summed E-state index contributed by atoms with van der Waals surface area (Å²) in [6.45, 7) is 12.6. The first-order valence-electron chi connectivity index (χ1n) is 12.2. The zero-order chi connectivity index (χ0) is 22.8. The number of aryl methyl sites for hydroxylation is 2. The van der Waals surface area contributed by atoms with E-state index in [-0.39, 0.29) is 24.0 Å². The van der Waals surface area contributed by atoms with Crippen molar-refractivity contribution in [2.24, 2.45) is 10.9 Å². The number of nitrogens with zero attached hydrogens (tertiary/aromatic N) is 4. The Morgan fingerprint density at radius 3 is 2.82 bits per heavy atom. The van der Waals surface area contributed by atoms with Crippen LogP contribution in [0, 0.1) is 12.8 Å². The largest absolute Gasteiger partial charge is 0.493 e. The molecule has 1 aliphatic heterocycles. The van der Waals surface area contributed by atoms with Crippen molar-refractivity contribution in [3.63, 3.8) is 0 Å². The van der Waals surface area contributed by atoms with Gasteiger partial charge in [-0.25, -0.2) is 4.99 Å². The summed E-state index contributed by atoms with van der Waals surface area (Å²) in [7, 11) is 0. The Bertz CT molecular complexity index is 880. The number of aliphatic imine (C=N–C) groups is 1. The number of benzene rings is 1. The number of aromatic nitrogens is 3. The fourth-order valence-electron chi connectivity index (χ4n) is 3.86. The van der Waals surface area contributed by atoms with Crippen molar-refractivity contribution >= 4 is 29.9 Å². The Hall–Kier alpha value is -1.84. The molecule has 1 aromatic heterocycles. The van der Waals surface area contributed by atoms with Crippen LogP contribution in [0.25, 0.3) is 0 Å². The van der Waals surface area contributed by atoms with Crippen molar-refractivity contribution in [1.82, 2.24) is 25.4 Å².